The summed E-state index contributed by atoms with van der Waals surface area (Å²) >= 11 is 0. The van der Waals surface area contributed by atoms with Gasteiger partial charge in [0.15, 0.2) is 0 Å². The number of carbonyl (C=O) groups is 1. The van der Waals surface area contributed by atoms with Crippen LogP contribution in [0.4, 0.5) is 18.0 Å². The van der Waals surface area contributed by atoms with Crippen LogP contribution in [0.5, 0.6) is 0 Å². The van der Waals surface area contributed by atoms with Gasteiger partial charge in [-0.05, 0) is 78.5 Å². The van der Waals surface area contributed by atoms with E-state index < -0.39 is 11.6 Å². The highest BCUT2D eigenvalue weighted by Gasteiger charge is 2.32. The Hall–Kier alpha value is -2.96. The van der Waals surface area contributed by atoms with Crippen molar-refractivity contribution in [2.24, 2.45) is 17.8 Å². The zero-order chi connectivity index (χ0) is 23.7. The van der Waals surface area contributed by atoms with Crippen molar-refractivity contribution < 1.29 is 18.0 Å². The topological polar surface area (TPSA) is 48.1 Å². The molecule has 7 heteroatoms. The first kappa shape index (κ1) is 23.2. The van der Waals surface area contributed by atoms with E-state index in [1.807, 2.05) is 0 Å². The van der Waals surface area contributed by atoms with E-state index in [0.29, 0.717) is 48.3 Å². The van der Waals surface area contributed by atoms with E-state index in [2.05, 4.69) is 24.1 Å². The molecule has 1 aliphatic rings. The summed E-state index contributed by atoms with van der Waals surface area (Å²) in [7, 11) is 1.81. The van der Waals surface area contributed by atoms with Gasteiger partial charge in [0.25, 0.3) is 0 Å². The summed E-state index contributed by atoms with van der Waals surface area (Å²) in [5, 5.41) is 3.46. The Balaban J connectivity index is 1.48. The van der Waals surface area contributed by atoms with Crippen molar-refractivity contribution in [1.29, 1.82) is 0 Å². The first-order chi connectivity index (χ1) is 15.7. The zero-order valence-corrected chi connectivity index (χ0v) is 19.2. The van der Waals surface area contributed by atoms with Crippen LogP contribution in [0.2, 0.25) is 0 Å². The van der Waals surface area contributed by atoms with Crippen LogP contribution < -0.4 is 5.32 Å². The molecule has 3 aromatic rings. The number of aromatic nitrogens is 1. The SMILES string of the molecule is CC(C)CNC(=O)N(C)CC1CC(Cc2c(-c3ccc(F)cc3)[nH]c3c(F)cc(F)cc23)C1. The van der Waals surface area contributed by atoms with Gasteiger partial charge in [0.1, 0.15) is 17.5 Å². The summed E-state index contributed by atoms with van der Waals surface area (Å²) in [6.07, 6.45) is 2.54. The number of nitrogens with zero attached hydrogens (tertiary/aromatic N) is 1. The quantitative estimate of drug-likeness (QED) is 0.441. The van der Waals surface area contributed by atoms with Crippen LogP contribution in [-0.2, 0) is 6.42 Å². The first-order valence-electron chi connectivity index (χ1n) is 11.5. The Labute approximate surface area is 192 Å². The molecule has 1 heterocycles. The van der Waals surface area contributed by atoms with Crippen molar-refractivity contribution in [2.75, 3.05) is 20.1 Å². The molecule has 1 aromatic heterocycles. The summed E-state index contributed by atoms with van der Waals surface area (Å²) in [5.74, 6) is -0.454. The third-order valence-corrected chi connectivity index (χ3v) is 6.43. The lowest BCUT2D eigenvalue weighted by Crippen LogP contribution is -2.43. The van der Waals surface area contributed by atoms with Gasteiger partial charge in [-0.1, -0.05) is 13.8 Å². The van der Waals surface area contributed by atoms with Crippen molar-refractivity contribution in [3.63, 3.8) is 0 Å². The van der Waals surface area contributed by atoms with Gasteiger partial charge in [-0.15, -0.1) is 0 Å². The number of rotatable bonds is 7. The zero-order valence-electron chi connectivity index (χ0n) is 19.2. The number of urea groups is 1. The number of benzene rings is 2. The number of hydrogen-bond donors (Lipinski definition) is 2. The van der Waals surface area contributed by atoms with E-state index in [-0.39, 0.29) is 17.4 Å². The molecule has 0 bridgehead atoms. The third-order valence-electron chi connectivity index (χ3n) is 6.43. The van der Waals surface area contributed by atoms with Crippen molar-refractivity contribution in [1.82, 2.24) is 15.2 Å². The normalized spacial score (nSPS) is 17.9. The van der Waals surface area contributed by atoms with E-state index in [1.54, 1.807) is 24.1 Å². The standard InChI is InChI=1S/C26H30F3N3O/c1-15(2)13-30-26(33)32(3)14-17-8-16(9-17)10-21-22-11-20(28)12-23(29)25(22)31-24(21)18-4-6-19(27)7-5-18/h4-7,11-12,15-17,31H,8-10,13-14H2,1-3H3,(H,30,33). The second-order valence-electron chi connectivity index (χ2n) is 9.66. The maximum Gasteiger partial charge on any atom is 0.317 e. The Morgan fingerprint density at radius 2 is 1.79 bits per heavy atom. The Bertz CT molecular complexity index is 1130. The molecule has 0 aliphatic heterocycles. The molecule has 1 saturated carbocycles. The van der Waals surface area contributed by atoms with Gasteiger partial charge < -0.3 is 15.2 Å². The second kappa shape index (κ2) is 9.49. The average Bonchev–Trinajstić information content (AvgIpc) is 3.09. The number of fused-ring (bicyclic) bond motifs is 1. The van der Waals surface area contributed by atoms with Gasteiger partial charge in [-0.2, -0.15) is 0 Å². The molecule has 0 atom stereocenters. The highest BCUT2D eigenvalue weighted by molar-refractivity contribution is 5.91. The van der Waals surface area contributed by atoms with E-state index in [9.17, 15) is 18.0 Å². The minimum Gasteiger partial charge on any atom is -0.352 e. The molecule has 0 spiro atoms. The van der Waals surface area contributed by atoms with Crippen LogP contribution >= 0.6 is 0 Å². The number of hydrogen-bond acceptors (Lipinski definition) is 1. The Morgan fingerprint density at radius 1 is 1.09 bits per heavy atom. The molecule has 1 fully saturated rings. The van der Waals surface area contributed by atoms with Crippen LogP contribution in [0, 0.1) is 35.2 Å². The summed E-state index contributed by atoms with van der Waals surface area (Å²) in [6, 6.07) is 8.19. The molecule has 2 aromatic carbocycles. The lowest BCUT2D eigenvalue weighted by atomic mass is 9.71. The van der Waals surface area contributed by atoms with Crippen LogP contribution in [0.15, 0.2) is 36.4 Å². The monoisotopic (exact) mass is 457 g/mol. The van der Waals surface area contributed by atoms with E-state index >= 15 is 0 Å². The van der Waals surface area contributed by atoms with Crippen LogP contribution in [-0.4, -0.2) is 36.1 Å². The van der Waals surface area contributed by atoms with Crippen LogP contribution in [0.3, 0.4) is 0 Å². The number of H-pyrrole nitrogens is 1. The third kappa shape index (κ3) is 5.18. The van der Waals surface area contributed by atoms with Gasteiger partial charge in [0.2, 0.25) is 0 Å². The maximum atomic E-state index is 14.5. The van der Waals surface area contributed by atoms with E-state index in [0.717, 1.165) is 30.0 Å². The lowest BCUT2D eigenvalue weighted by Gasteiger charge is -2.38. The second-order valence-corrected chi connectivity index (χ2v) is 9.66. The molecule has 33 heavy (non-hydrogen) atoms. The van der Waals surface area contributed by atoms with Gasteiger partial charge in [-0.3, -0.25) is 0 Å². The summed E-state index contributed by atoms with van der Waals surface area (Å²) in [5.41, 5.74) is 2.55. The fraction of sp³-hybridized carbons (Fsp3) is 0.423. The predicted octanol–water partition coefficient (Wildman–Crippen LogP) is 6.12. The molecule has 4 nitrogen and oxygen atoms in total. The van der Waals surface area contributed by atoms with Crippen molar-refractivity contribution in [3.05, 3.63) is 59.4 Å². The highest BCUT2D eigenvalue weighted by atomic mass is 19.1. The van der Waals surface area contributed by atoms with Crippen molar-refractivity contribution >= 4 is 16.9 Å². The largest absolute Gasteiger partial charge is 0.352 e. The van der Waals surface area contributed by atoms with Gasteiger partial charge in [0.05, 0.1) is 5.52 Å². The molecule has 0 radical (unpaired) electrons. The molecule has 4 rings (SSSR count). The number of halogens is 3. The molecular formula is C26H30F3N3O. The highest BCUT2D eigenvalue weighted by Crippen LogP contribution is 2.41. The molecule has 1 aliphatic carbocycles. The summed E-state index contributed by atoms with van der Waals surface area (Å²) < 4.78 is 41.9. The molecule has 176 valence electrons. The fourth-order valence-corrected chi connectivity index (χ4v) is 4.72. The van der Waals surface area contributed by atoms with Crippen LogP contribution in [0.1, 0.15) is 32.3 Å². The number of amides is 2. The van der Waals surface area contributed by atoms with Gasteiger partial charge in [-0.25, -0.2) is 18.0 Å². The molecule has 0 unspecified atom stereocenters. The summed E-state index contributed by atoms with van der Waals surface area (Å²) in [4.78, 5) is 17.0. The maximum absolute atomic E-state index is 14.5. The molecule has 0 saturated heterocycles. The fourth-order valence-electron chi connectivity index (χ4n) is 4.72. The predicted molar refractivity (Wildman–Crippen MR) is 124 cm³/mol. The number of carbonyl (C=O) groups excluding carboxylic acids is 1. The minimum atomic E-state index is -0.639. The average molecular weight is 458 g/mol. The summed E-state index contributed by atoms with van der Waals surface area (Å²) in [6.45, 7) is 5.44. The van der Waals surface area contributed by atoms with Gasteiger partial charge in [0, 0.05) is 37.3 Å². The van der Waals surface area contributed by atoms with Crippen molar-refractivity contribution in [2.45, 2.75) is 33.1 Å². The molecular weight excluding hydrogens is 427 g/mol. The molecule has 2 N–H and O–H groups in total. The first-order valence-corrected chi connectivity index (χ1v) is 11.5. The molecule has 2 amide bonds. The lowest BCUT2D eigenvalue weighted by molar-refractivity contribution is 0.142. The minimum absolute atomic E-state index is 0.0617. The Kier molecular flexibility index (Phi) is 6.68. The van der Waals surface area contributed by atoms with E-state index in [4.69, 9.17) is 0 Å². The van der Waals surface area contributed by atoms with Crippen LogP contribution in [0.25, 0.3) is 22.2 Å². The number of nitrogens with one attached hydrogen (secondary N) is 2. The van der Waals surface area contributed by atoms with Gasteiger partial charge >= 0.3 is 6.03 Å². The smallest absolute Gasteiger partial charge is 0.317 e. The van der Waals surface area contributed by atoms with E-state index in [1.165, 1.54) is 18.2 Å². The Morgan fingerprint density at radius 3 is 2.45 bits per heavy atom. The van der Waals surface area contributed by atoms with Crippen molar-refractivity contribution in [3.8, 4) is 11.3 Å². The number of aromatic amines is 1.